The molecule has 1 aromatic heterocycles. The lowest BCUT2D eigenvalue weighted by molar-refractivity contribution is 0.604. The van der Waals surface area contributed by atoms with Gasteiger partial charge in [0.2, 0.25) is 0 Å². The van der Waals surface area contributed by atoms with Crippen molar-refractivity contribution in [1.29, 1.82) is 0 Å². The third-order valence-electron chi connectivity index (χ3n) is 2.01. The van der Waals surface area contributed by atoms with Crippen molar-refractivity contribution in [2.45, 2.75) is 16.2 Å². The van der Waals surface area contributed by atoms with Crippen molar-refractivity contribution in [2.24, 2.45) is 0 Å². The Morgan fingerprint density at radius 3 is 2.71 bits per heavy atom. The van der Waals surface area contributed by atoms with Gasteiger partial charge in [0.15, 0.2) is 10.2 Å². The first-order chi connectivity index (χ1) is 7.99. The number of halogens is 2. The largest absolute Gasteiger partial charge is 0.398 e. The molecule has 1 heterocycles. The molecule has 2 aromatic rings. The summed E-state index contributed by atoms with van der Waals surface area (Å²) in [6.07, 6.45) is 0. The fourth-order valence-corrected chi connectivity index (χ4v) is 3.27. The van der Waals surface area contributed by atoms with Crippen molar-refractivity contribution in [2.75, 3.05) is 11.5 Å². The molecule has 0 saturated carbocycles. The van der Waals surface area contributed by atoms with E-state index >= 15 is 0 Å². The van der Waals surface area contributed by atoms with E-state index in [-0.39, 0.29) is 21.3 Å². The van der Waals surface area contributed by atoms with Gasteiger partial charge in [-0.2, -0.15) is 0 Å². The van der Waals surface area contributed by atoms with Gasteiger partial charge in [-0.15, -0.1) is 11.3 Å². The van der Waals surface area contributed by atoms with Crippen LogP contribution in [0.2, 0.25) is 5.02 Å². The van der Waals surface area contributed by atoms with Gasteiger partial charge >= 0.3 is 0 Å². The lowest BCUT2D eigenvalue weighted by Crippen LogP contribution is -1.97. The normalized spacial score (nSPS) is 10.8. The van der Waals surface area contributed by atoms with E-state index in [0.717, 1.165) is 17.5 Å². The van der Waals surface area contributed by atoms with Gasteiger partial charge in [-0.1, -0.05) is 23.4 Å². The van der Waals surface area contributed by atoms with Crippen molar-refractivity contribution in [3.63, 3.8) is 0 Å². The predicted molar refractivity (Wildman–Crippen MR) is 71.2 cm³/mol. The fourth-order valence-electron chi connectivity index (χ4n) is 1.22. The summed E-state index contributed by atoms with van der Waals surface area (Å²) in [6.45, 7) is 1.87. The van der Waals surface area contributed by atoms with E-state index in [0.29, 0.717) is 4.34 Å². The molecule has 2 rings (SSSR count). The molecule has 4 N–H and O–H groups in total. The summed E-state index contributed by atoms with van der Waals surface area (Å²) < 4.78 is 14.6. The average molecular weight is 290 g/mol. The van der Waals surface area contributed by atoms with Crippen LogP contribution < -0.4 is 11.5 Å². The molecule has 0 bridgehead atoms. The molecular weight excluding hydrogens is 281 g/mol. The summed E-state index contributed by atoms with van der Waals surface area (Å²) in [5.74, 6) is -0.595. The highest BCUT2D eigenvalue weighted by molar-refractivity contribution is 8.01. The van der Waals surface area contributed by atoms with Gasteiger partial charge in [-0.05, 0) is 13.0 Å². The number of nitrogen functional groups attached to an aromatic ring is 2. The zero-order valence-corrected chi connectivity index (χ0v) is 11.2. The molecule has 90 valence electrons. The Bertz CT molecular complexity index is 571. The van der Waals surface area contributed by atoms with Crippen molar-refractivity contribution in [3.8, 4) is 0 Å². The fraction of sp³-hybridized carbons (Fsp3) is 0.100. The quantitative estimate of drug-likeness (QED) is 0.830. The van der Waals surface area contributed by atoms with Gasteiger partial charge in [-0.3, -0.25) is 0 Å². The second-order valence-electron chi connectivity index (χ2n) is 3.37. The van der Waals surface area contributed by atoms with Crippen LogP contribution in [0.25, 0.3) is 0 Å². The number of nitrogens with zero attached hydrogens (tertiary/aromatic N) is 1. The van der Waals surface area contributed by atoms with E-state index in [2.05, 4.69) is 4.98 Å². The van der Waals surface area contributed by atoms with E-state index in [4.69, 9.17) is 23.1 Å². The molecule has 0 aliphatic carbocycles. The molecule has 0 fully saturated rings. The van der Waals surface area contributed by atoms with Gasteiger partial charge in [0.25, 0.3) is 0 Å². The molecule has 0 spiro atoms. The summed E-state index contributed by atoms with van der Waals surface area (Å²) in [5, 5.41) is 1.78. The maximum Gasteiger partial charge on any atom is 0.159 e. The predicted octanol–water partition coefficient (Wildman–Crippen LogP) is 3.56. The monoisotopic (exact) mass is 289 g/mol. The van der Waals surface area contributed by atoms with Crippen LogP contribution in [0.1, 0.15) is 5.69 Å². The van der Waals surface area contributed by atoms with Crippen LogP contribution in [0.4, 0.5) is 15.8 Å². The van der Waals surface area contributed by atoms with E-state index < -0.39 is 5.82 Å². The highest BCUT2D eigenvalue weighted by atomic mass is 35.5. The summed E-state index contributed by atoms with van der Waals surface area (Å²) in [5.41, 5.74) is 12.5. The topological polar surface area (TPSA) is 64.9 Å². The van der Waals surface area contributed by atoms with Crippen LogP contribution in [-0.2, 0) is 0 Å². The SMILES string of the molecule is Cc1csc(Sc2c(N)cc(N)c(Cl)c2F)n1. The zero-order chi connectivity index (χ0) is 12.6. The van der Waals surface area contributed by atoms with E-state index in [1.807, 2.05) is 12.3 Å². The summed E-state index contributed by atoms with van der Waals surface area (Å²) in [4.78, 5) is 4.49. The smallest absolute Gasteiger partial charge is 0.159 e. The maximum atomic E-state index is 13.9. The van der Waals surface area contributed by atoms with Gasteiger partial charge < -0.3 is 11.5 Å². The average Bonchev–Trinajstić information content (AvgIpc) is 2.67. The van der Waals surface area contributed by atoms with Crippen LogP contribution in [-0.4, -0.2) is 4.98 Å². The number of anilines is 2. The molecule has 3 nitrogen and oxygen atoms in total. The molecule has 0 unspecified atom stereocenters. The van der Waals surface area contributed by atoms with Crippen LogP contribution in [0.3, 0.4) is 0 Å². The number of benzene rings is 1. The second kappa shape index (κ2) is 4.72. The Labute approximate surface area is 111 Å². The molecule has 7 heteroatoms. The molecule has 17 heavy (non-hydrogen) atoms. The number of aromatic nitrogens is 1. The minimum absolute atomic E-state index is 0.102. The van der Waals surface area contributed by atoms with E-state index in [9.17, 15) is 4.39 Å². The highest BCUT2D eigenvalue weighted by Crippen LogP contribution is 2.40. The molecule has 0 aliphatic heterocycles. The third kappa shape index (κ3) is 2.48. The third-order valence-corrected chi connectivity index (χ3v) is 4.57. The Hall–Kier alpha value is -0.980. The molecule has 0 amide bonds. The molecular formula is C10H9ClFN3S2. The molecule has 0 aliphatic rings. The highest BCUT2D eigenvalue weighted by Gasteiger charge is 2.16. The first kappa shape index (κ1) is 12.5. The molecule has 0 atom stereocenters. The number of nitrogens with two attached hydrogens (primary N) is 2. The number of thiazole rings is 1. The Balaban J connectivity index is 2.42. The van der Waals surface area contributed by atoms with Gasteiger partial charge in [-0.25, -0.2) is 9.37 Å². The lowest BCUT2D eigenvalue weighted by Gasteiger charge is -2.08. The van der Waals surface area contributed by atoms with Crippen LogP contribution >= 0.6 is 34.7 Å². The molecule has 0 radical (unpaired) electrons. The van der Waals surface area contributed by atoms with Crippen molar-refractivity contribution >= 4 is 46.1 Å². The first-order valence-electron chi connectivity index (χ1n) is 4.62. The van der Waals surface area contributed by atoms with Crippen molar-refractivity contribution < 1.29 is 4.39 Å². The standard InChI is InChI=1S/C10H9ClFN3S2/c1-4-3-16-10(15-4)17-9-6(14)2-5(13)7(11)8(9)12/h2-3H,13-14H2,1H3. The van der Waals surface area contributed by atoms with Crippen molar-refractivity contribution in [3.05, 3.63) is 28.0 Å². The first-order valence-corrected chi connectivity index (χ1v) is 6.69. The molecule has 1 aromatic carbocycles. The van der Waals surface area contributed by atoms with Crippen LogP contribution in [0.5, 0.6) is 0 Å². The number of hydrogen-bond acceptors (Lipinski definition) is 5. The lowest BCUT2D eigenvalue weighted by atomic mass is 10.3. The minimum atomic E-state index is -0.595. The zero-order valence-electron chi connectivity index (χ0n) is 8.83. The van der Waals surface area contributed by atoms with Crippen LogP contribution in [0.15, 0.2) is 20.7 Å². The number of hydrogen-bond donors (Lipinski definition) is 2. The maximum absolute atomic E-state index is 13.9. The number of rotatable bonds is 2. The molecule has 0 saturated heterocycles. The second-order valence-corrected chi connectivity index (χ2v) is 5.86. The van der Waals surface area contributed by atoms with Gasteiger partial charge in [0.1, 0.15) is 5.02 Å². The van der Waals surface area contributed by atoms with Gasteiger partial charge in [0, 0.05) is 11.1 Å². The summed E-state index contributed by atoms with van der Waals surface area (Å²) in [7, 11) is 0. The Kier molecular flexibility index (Phi) is 3.46. The van der Waals surface area contributed by atoms with Crippen LogP contribution in [0, 0.1) is 12.7 Å². The summed E-state index contributed by atoms with van der Waals surface area (Å²) in [6, 6.07) is 1.45. The van der Waals surface area contributed by atoms with Gasteiger partial charge in [0.05, 0.1) is 16.3 Å². The van der Waals surface area contributed by atoms with Crippen molar-refractivity contribution in [1.82, 2.24) is 4.98 Å². The Morgan fingerprint density at radius 1 is 1.41 bits per heavy atom. The Morgan fingerprint density at radius 2 is 2.12 bits per heavy atom. The minimum Gasteiger partial charge on any atom is -0.398 e. The number of aryl methyl sites for hydroxylation is 1. The van der Waals surface area contributed by atoms with E-state index in [1.165, 1.54) is 17.4 Å². The summed E-state index contributed by atoms with van der Waals surface area (Å²) >= 11 is 8.32. The van der Waals surface area contributed by atoms with E-state index in [1.54, 1.807) is 0 Å².